The summed E-state index contributed by atoms with van der Waals surface area (Å²) in [5.41, 5.74) is 0.739. The molecule has 9 heteroatoms. The molecule has 2 aromatic carbocycles. The fourth-order valence-electron chi connectivity index (χ4n) is 2.40. The van der Waals surface area contributed by atoms with Crippen molar-refractivity contribution in [1.82, 2.24) is 0 Å². The Morgan fingerprint density at radius 2 is 1.93 bits per heavy atom. The average molecular weight is 431 g/mol. The van der Waals surface area contributed by atoms with Gasteiger partial charge >= 0.3 is 5.97 Å². The highest BCUT2D eigenvalue weighted by Gasteiger charge is 2.15. The molecule has 0 aliphatic rings. The predicted octanol–water partition coefficient (Wildman–Crippen LogP) is 3.76. The van der Waals surface area contributed by atoms with Crippen LogP contribution in [0.3, 0.4) is 0 Å². The molecule has 8 nitrogen and oxygen atoms in total. The lowest BCUT2D eigenvalue weighted by Gasteiger charge is -2.13. The molecule has 0 saturated carbocycles. The van der Waals surface area contributed by atoms with E-state index in [4.69, 9.17) is 30.9 Å². The molecule has 0 aliphatic heterocycles. The zero-order valence-electron chi connectivity index (χ0n) is 16.3. The third-order valence-electron chi connectivity index (χ3n) is 3.70. The first-order valence-corrected chi connectivity index (χ1v) is 9.13. The minimum absolute atomic E-state index is 0.0688. The zero-order chi connectivity index (χ0) is 22.1. The van der Waals surface area contributed by atoms with Gasteiger partial charge in [-0.1, -0.05) is 11.6 Å². The zero-order valence-corrected chi connectivity index (χ0v) is 17.0. The van der Waals surface area contributed by atoms with E-state index in [0.717, 1.165) is 0 Å². The van der Waals surface area contributed by atoms with Gasteiger partial charge in [-0.2, -0.15) is 5.26 Å². The summed E-state index contributed by atoms with van der Waals surface area (Å²) in [4.78, 5) is 23.2. The van der Waals surface area contributed by atoms with Crippen molar-refractivity contribution in [2.45, 2.75) is 6.92 Å². The Balaban J connectivity index is 2.29. The van der Waals surface area contributed by atoms with Crippen LogP contribution in [0.2, 0.25) is 5.02 Å². The van der Waals surface area contributed by atoms with Gasteiger partial charge in [0.1, 0.15) is 17.4 Å². The number of halogens is 1. The molecular weight excluding hydrogens is 412 g/mol. The molecule has 0 spiro atoms. The van der Waals surface area contributed by atoms with Gasteiger partial charge in [-0.25, -0.2) is 4.79 Å². The predicted molar refractivity (Wildman–Crippen MR) is 111 cm³/mol. The first kappa shape index (κ1) is 22.6. The van der Waals surface area contributed by atoms with Crippen LogP contribution in [0, 0.1) is 11.3 Å². The summed E-state index contributed by atoms with van der Waals surface area (Å²) >= 11 is 6.20. The number of carboxylic acid groups (broad SMARTS) is 1. The van der Waals surface area contributed by atoms with Crippen LogP contribution in [0.25, 0.3) is 6.08 Å². The number of benzene rings is 2. The SMILES string of the molecule is CCOc1cc(/C=C(\C#N)C(=O)Nc2ccc(OC)cc2)cc(Cl)c1OCC(=O)O. The number of nitriles is 1. The van der Waals surface area contributed by atoms with Gasteiger partial charge in [0.25, 0.3) is 5.91 Å². The Kier molecular flexibility index (Phi) is 8.08. The van der Waals surface area contributed by atoms with Crippen LogP contribution < -0.4 is 19.5 Å². The number of methoxy groups -OCH3 is 1. The number of carbonyl (C=O) groups excluding carboxylic acids is 1. The van der Waals surface area contributed by atoms with E-state index < -0.39 is 18.5 Å². The lowest BCUT2D eigenvalue weighted by molar-refractivity contribution is -0.139. The van der Waals surface area contributed by atoms with Crippen LogP contribution in [-0.2, 0) is 9.59 Å². The second-order valence-corrected chi connectivity index (χ2v) is 6.21. The Hall–Kier alpha value is -3.70. The first-order chi connectivity index (χ1) is 14.4. The fourth-order valence-corrected chi connectivity index (χ4v) is 2.67. The monoisotopic (exact) mass is 430 g/mol. The Morgan fingerprint density at radius 3 is 2.50 bits per heavy atom. The highest BCUT2D eigenvalue weighted by Crippen LogP contribution is 2.37. The number of rotatable bonds is 9. The number of nitrogens with zero attached hydrogens (tertiary/aromatic N) is 1. The third-order valence-corrected chi connectivity index (χ3v) is 3.98. The maximum atomic E-state index is 12.5. The van der Waals surface area contributed by atoms with Gasteiger partial charge in [0.15, 0.2) is 18.1 Å². The quantitative estimate of drug-likeness (QED) is 0.459. The molecule has 2 rings (SSSR count). The molecule has 2 aromatic rings. The summed E-state index contributed by atoms with van der Waals surface area (Å²) in [7, 11) is 1.53. The number of carboxylic acids is 1. The maximum absolute atomic E-state index is 12.5. The van der Waals surface area contributed by atoms with E-state index in [1.807, 2.05) is 6.07 Å². The van der Waals surface area contributed by atoms with Crippen LogP contribution in [0.5, 0.6) is 17.2 Å². The van der Waals surface area contributed by atoms with Crippen molar-refractivity contribution in [3.05, 3.63) is 52.6 Å². The fraction of sp³-hybridized carbons (Fsp3) is 0.190. The topological polar surface area (TPSA) is 118 Å². The molecule has 0 aliphatic carbocycles. The van der Waals surface area contributed by atoms with E-state index in [-0.39, 0.29) is 28.7 Å². The van der Waals surface area contributed by atoms with E-state index in [1.165, 1.54) is 25.3 Å². The van der Waals surface area contributed by atoms with Gasteiger partial charge in [-0.05, 0) is 55.0 Å². The Morgan fingerprint density at radius 1 is 1.23 bits per heavy atom. The Labute approximate surface area is 178 Å². The third kappa shape index (κ3) is 6.15. The minimum atomic E-state index is -1.17. The average Bonchev–Trinajstić information content (AvgIpc) is 2.72. The van der Waals surface area contributed by atoms with Crippen molar-refractivity contribution in [3.63, 3.8) is 0 Å². The summed E-state index contributed by atoms with van der Waals surface area (Å²) in [6, 6.07) is 11.4. The van der Waals surface area contributed by atoms with Gasteiger partial charge < -0.3 is 24.6 Å². The molecule has 0 saturated heterocycles. The maximum Gasteiger partial charge on any atom is 0.341 e. The standard InChI is InChI=1S/C21H19ClN2O6/c1-3-29-18-10-13(9-17(22)20(18)30-12-19(25)26)8-14(11-23)21(27)24-15-4-6-16(28-2)7-5-15/h4-10H,3,12H2,1-2H3,(H,24,27)(H,25,26)/b14-8+. The molecule has 0 radical (unpaired) electrons. The second kappa shape index (κ2) is 10.7. The van der Waals surface area contributed by atoms with Gasteiger partial charge in [0, 0.05) is 5.69 Å². The number of carbonyl (C=O) groups is 2. The summed E-state index contributed by atoms with van der Waals surface area (Å²) in [6.07, 6.45) is 1.34. The first-order valence-electron chi connectivity index (χ1n) is 8.76. The number of aliphatic carboxylic acids is 1. The molecule has 0 unspecified atom stereocenters. The molecule has 0 heterocycles. The number of ether oxygens (including phenoxy) is 3. The molecule has 0 bridgehead atoms. The van der Waals surface area contributed by atoms with E-state index >= 15 is 0 Å². The van der Waals surface area contributed by atoms with E-state index in [1.54, 1.807) is 31.2 Å². The summed E-state index contributed by atoms with van der Waals surface area (Å²) in [6.45, 7) is 1.42. The van der Waals surface area contributed by atoms with E-state index in [2.05, 4.69) is 5.32 Å². The van der Waals surface area contributed by atoms with Crippen molar-refractivity contribution in [2.24, 2.45) is 0 Å². The van der Waals surface area contributed by atoms with Gasteiger partial charge in [-0.15, -0.1) is 0 Å². The largest absolute Gasteiger partial charge is 0.497 e. The molecule has 30 heavy (non-hydrogen) atoms. The molecule has 156 valence electrons. The molecule has 1 amide bonds. The van der Waals surface area contributed by atoms with Gasteiger partial charge in [0.05, 0.1) is 18.7 Å². The van der Waals surface area contributed by atoms with Crippen LogP contribution >= 0.6 is 11.6 Å². The molecule has 0 fully saturated rings. The summed E-state index contributed by atoms with van der Waals surface area (Å²) in [5, 5.41) is 20.9. The normalized spacial score (nSPS) is 10.7. The molecule has 2 N–H and O–H groups in total. The molecule has 0 atom stereocenters. The number of amides is 1. The van der Waals surface area contributed by atoms with Crippen LogP contribution in [0.15, 0.2) is 42.0 Å². The smallest absolute Gasteiger partial charge is 0.341 e. The van der Waals surface area contributed by atoms with Crippen molar-refractivity contribution < 1.29 is 28.9 Å². The number of anilines is 1. The lowest BCUT2D eigenvalue weighted by atomic mass is 10.1. The van der Waals surface area contributed by atoms with Crippen molar-refractivity contribution in [1.29, 1.82) is 5.26 Å². The Bertz CT molecular complexity index is 996. The number of hydrogen-bond acceptors (Lipinski definition) is 6. The van der Waals surface area contributed by atoms with Crippen LogP contribution in [-0.4, -0.2) is 37.3 Å². The lowest BCUT2D eigenvalue weighted by Crippen LogP contribution is -2.13. The van der Waals surface area contributed by atoms with Crippen molar-refractivity contribution in [3.8, 4) is 23.3 Å². The number of nitrogens with one attached hydrogen (secondary N) is 1. The van der Waals surface area contributed by atoms with Crippen molar-refractivity contribution in [2.75, 3.05) is 25.6 Å². The van der Waals surface area contributed by atoms with E-state index in [9.17, 15) is 14.9 Å². The van der Waals surface area contributed by atoms with E-state index in [0.29, 0.717) is 17.0 Å². The van der Waals surface area contributed by atoms with Crippen molar-refractivity contribution >= 4 is 35.2 Å². The summed E-state index contributed by atoms with van der Waals surface area (Å²) in [5.74, 6) is -0.876. The molecule has 0 aromatic heterocycles. The second-order valence-electron chi connectivity index (χ2n) is 5.80. The van der Waals surface area contributed by atoms with Gasteiger partial charge in [-0.3, -0.25) is 4.79 Å². The highest BCUT2D eigenvalue weighted by atomic mass is 35.5. The minimum Gasteiger partial charge on any atom is -0.497 e. The molecular formula is C21H19ClN2O6. The summed E-state index contributed by atoms with van der Waals surface area (Å²) < 4.78 is 15.7. The van der Waals surface area contributed by atoms with Gasteiger partial charge in [0.2, 0.25) is 0 Å². The highest BCUT2D eigenvalue weighted by molar-refractivity contribution is 6.32. The van der Waals surface area contributed by atoms with Crippen LogP contribution in [0.4, 0.5) is 5.69 Å². The number of hydrogen-bond donors (Lipinski definition) is 2. The van der Waals surface area contributed by atoms with Crippen LogP contribution in [0.1, 0.15) is 12.5 Å².